The smallest absolute Gasteiger partial charge is 0.0751 e. The first-order valence-corrected chi connectivity index (χ1v) is 7.46. The molecule has 0 unspecified atom stereocenters. The van der Waals surface area contributed by atoms with E-state index in [0.717, 1.165) is 17.1 Å². The topological polar surface area (TPSA) is 17.0 Å². The van der Waals surface area contributed by atoms with Crippen molar-refractivity contribution in [3.05, 3.63) is 88.7 Å². The van der Waals surface area contributed by atoms with Crippen LogP contribution < -0.4 is 5.32 Å². The summed E-state index contributed by atoms with van der Waals surface area (Å²) >= 11 is 6.41. The molecule has 3 aromatic rings. The van der Waals surface area contributed by atoms with Gasteiger partial charge in [-0.15, -0.1) is 0 Å². The molecule has 0 saturated carbocycles. The van der Waals surface area contributed by atoms with E-state index in [0.29, 0.717) is 0 Å². The van der Waals surface area contributed by atoms with E-state index in [1.807, 2.05) is 18.2 Å². The molecular formula is C18H15ClN2. The summed E-state index contributed by atoms with van der Waals surface area (Å²) in [6.07, 6.45) is 2.12. The lowest BCUT2D eigenvalue weighted by atomic mass is 10.0. The van der Waals surface area contributed by atoms with Crippen LogP contribution in [0.25, 0.3) is 5.69 Å². The van der Waals surface area contributed by atoms with Gasteiger partial charge in [0.1, 0.15) is 0 Å². The van der Waals surface area contributed by atoms with E-state index in [2.05, 4.69) is 58.5 Å². The molecule has 0 spiro atoms. The van der Waals surface area contributed by atoms with Gasteiger partial charge >= 0.3 is 0 Å². The van der Waals surface area contributed by atoms with Crippen LogP contribution in [0.3, 0.4) is 0 Å². The summed E-state index contributed by atoms with van der Waals surface area (Å²) in [4.78, 5) is 0. The quantitative estimate of drug-likeness (QED) is 0.707. The number of fused-ring (bicyclic) bond motifs is 3. The predicted molar refractivity (Wildman–Crippen MR) is 85.9 cm³/mol. The minimum absolute atomic E-state index is 0.0982. The largest absolute Gasteiger partial charge is 0.319 e. The molecule has 3 heteroatoms. The number of benzene rings is 2. The molecule has 2 nitrogen and oxygen atoms in total. The van der Waals surface area contributed by atoms with Gasteiger partial charge in [0.25, 0.3) is 0 Å². The highest BCUT2D eigenvalue weighted by atomic mass is 35.5. The maximum atomic E-state index is 6.41. The summed E-state index contributed by atoms with van der Waals surface area (Å²) in [5.41, 5.74) is 4.86. The van der Waals surface area contributed by atoms with Crippen molar-refractivity contribution in [2.24, 2.45) is 0 Å². The Labute approximate surface area is 129 Å². The summed E-state index contributed by atoms with van der Waals surface area (Å²) in [6.45, 7) is 0.827. The van der Waals surface area contributed by atoms with Crippen LogP contribution >= 0.6 is 11.6 Å². The number of aromatic nitrogens is 1. The van der Waals surface area contributed by atoms with E-state index in [4.69, 9.17) is 11.6 Å². The van der Waals surface area contributed by atoms with Crippen LogP contribution in [0.15, 0.2) is 66.9 Å². The molecular weight excluding hydrogens is 280 g/mol. The van der Waals surface area contributed by atoms with E-state index >= 15 is 0 Å². The average molecular weight is 295 g/mol. The molecule has 0 aliphatic carbocycles. The minimum Gasteiger partial charge on any atom is -0.319 e. The maximum absolute atomic E-state index is 6.41. The van der Waals surface area contributed by atoms with Crippen molar-refractivity contribution in [3.8, 4) is 5.69 Å². The van der Waals surface area contributed by atoms with Crippen molar-refractivity contribution in [1.82, 2.24) is 9.88 Å². The zero-order chi connectivity index (χ0) is 14.2. The van der Waals surface area contributed by atoms with Crippen LogP contribution in [-0.2, 0) is 6.54 Å². The molecule has 2 heterocycles. The SMILES string of the molecule is Clc1ccccc1[C@H]1NCc2ccccc2-n2cccc21. The first-order valence-electron chi connectivity index (χ1n) is 7.08. The Bertz CT molecular complexity index is 791. The Balaban J connectivity index is 1.90. The summed E-state index contributed by atoms with van der Waals surface area (Å²) in [5, 5.41) is 4.43. The van der Waals surface area contributed by atoms with Crippen molar-refractivity contribution < 1.29 is 0 Å². The second-order valence-electron chi connectivity index (χ2n) is 5.27. The standard InChI is InChI=1S/C18H15ClN2/c19-15-8-3-2-7-14(15)18-17-10-5-11-21(17)16-9-4-1-6-13(16)12-20-18/h1-11,18,20H,12H2/t18-/m1/s1. The van der Waals surface area contributed by atoms with E-state index in [9.17, 15) is 0 Å². The highest BCUT2D eigenvalue weighted by Gasteiger charge is 2.23. The molecule has 1 aliphatic rings. The Morgan fingerprint density at radius 1 is 0.952 bits per heavy atom. The molecule has 1 N–H and O–H groups in total. The molecule has 2 aromatic carbocycles. The summed E-state index contributed by atoms with van der Waals surface area (Å²) in [5.74, 6) is 0. The van der Waals surface area contributed by atoms with Crippen LogP contribution in [0, 0.1) is 0 Å². The highest BCUT2D eigenvalue weighted by Crippen LogP contribution is 2.33. The molecule has 1 aromatic heterocycles. The molecule has 0 radical (unpaired) electrons. The van der Waals surface area contributed by atoms with Gasteiger partial charge in [-0.05, 0) is 35.4 Å². The lowest BCUT2D eigenvalue weighted by Crippen LogP contribution is -2.21. The second-order valence-corrected chi connectivity index (χ2v) is 5.67. The zero-order valence-corrected chi connectivity index (χ0v) is 12.2. The lowest BCUT2D eigenvalue weighted by molar-refractivity contribution is 0.601. The van der Waals surface area contributed by atoms with Gasteiger partial charge in [-0.3, -0.25) is 0 Å². The molecule has 1 atom stereocenters. The van der Waals surface area contributed by atoms with Gasteiger partial charge < -0.3 is 9.88 Å². The van der Waals surface area contributed by atoms with Crippen LogP contribution in [0.1, 0.15) is 22.9 Å². The van der Waals surface area contributed by atoms with Crippen LogP contribution in [0.2, 0.25) is 5.02 Å². The maximum Gasteiger partial charge on any atom is 0.0751 e. The third kappa shape index (κ3) is 2.08. The summed E-state index contributed by atoms with van der Waals surface area (Å²) < 4.78 is 2.25. The first-order chi connectivity index (χ1) is 10.3. The van der Waals surface area contributed by atoms with Gasteiger partial charge in [0, 0.05) is 29.1 Å². The number of para-hydroxylation sites is 1. The molecule has 0 saturated heterocycles. The van der Waals surface area contributed by atoms with E-state index in [-0.39, 0.29) is 6.04 Å². The Kier molecular flexibility index (Phi) is 3.06. The molecule has 104 valence electrons. The second kappa shape index (κ2) is 5.06. The van der Waals surface area contributed by atoms with Gasteiger partial charge in [0.15, 0.2) is 0 Å². The number of hydrogen-bond donors (Lipinski definition) is 1. The molecule has 4 rings (SSSR count). The molecule has 0 amide bonds. The van der Waals surface area contributed by atoms with Gasteiger partial charge in [-0.1, -0.05) is 48.0 Å². The van der Waals surface area contributed by atoms with Gasteiger partial charge in [-0.2, -0.15) is 0 Å². The van der Waals surface area contributed by atoms with Crippen molar-refractivity contribution in [2.45, 2.75) is 12.6 Å². The highest BCUT2D eigenvalue weighted by molar-refractivity contribution is 6.31. The van der Waals surface area contributed by atoms with Gasteiger partial charge in [0.2, 0.25) is 0 Å². The fraction of sp³-hybridized carbons (Fsp3) is 0.111. The third-order valence-electron chi connectivity index (χ3n) is 4.04. The van der Waals surface area contributed by atoms with Gasteiger partial charge in [-0.25, -0.2) is 0 Å². The molecule has 0 bridgehead atoms. The Morgan fingerprint density at radius 3 is 2.67 bits per heavy atom. The number of nitrogens with zero attached hydrogens (tertiary/aromatic N) is 1. The number of hydrogen-bond acceptors (Lipinski definition) is 1. The fourth-order valence-electron chi connectivity index (χ4n) is 3.04. The monoisotopic (exact) mass is 294 g/mol. The Hall–Kier alpha value is -2.03. The fourth-order valence-corrected chi connectivity index (χ4v) is 3.28. The predicted octanol–water partition coefficient (Wildman–Crippen LogP) is 4.32. The van der Waals surface area contributed by atoms with Crippen molar-refractivity contribution in [1.29, 1.82) is 0 Å². The average Bonchev–Trinajstić information content (AvgIpc) is 2.93. The number of rotatable bonds is 1. The minimum atomic E-state index is 0.0982. The van der Waals surface area contributed by atoms with E-state index < -0.39 is 0 Å². The number of halogens is 1. The molecule has 0 fully saturated rings. The van der Waals surface area contributed by atoms with Crippen molar-refractivity contribution >= 4 is 11.6 Å². The first kappa shape index (κ1) is 12.7. The normalized spacial score (nSPS) is 16.9. The van der Waals surface area contributed by atoms with Crippen LogP contribution in [0.4, 0.5) is 0 Å². The van der Waals surface area contributed by atoms with Crippen molar-refractivity contribution in [3.63, 3.8) is 0 Å². The molecule has 1 aliphatic heterocycles. The van der Waals surface area contributed by atoms with E-state index in [1.165, 1.54) is 16.9 Å². The third-order valence-corrected chi connectivity index (χ3v) is 4.38. The zero-order valence-electron chi connectivity index (χ0n) is 11.5. The van der Waals surface area contributed by atoms with Crippen molar-refractivity contribution in [2.75, 3.05) is 0 Å². The van der Waals surface area contributed by atoms with Crippen LogP contribution in [-0.4, -0.2) is 4.57 Å². The van der Waals surface area contributed by atoms with Crippen LogP contribution in [0.5, 0.6) is 0 Å². The lowest BCUT2D eigenvalue weighted by Gasteiger charge is -2.19. The summed E-state index contributed by atoms with van der Waals surface area (Å²) in [6, 6.07) is 20.9. The van der Waals surface area contributed by atoms with Gasteiger partial charge in [0.05, 0.1) is 6.04 Å². The molecule has 21 heavy (non-hydrogen) atoms. The summed E-state index contributed by atoms with van der Waals surface area (Å²) in [7, 11) is 0. The number of nitrogens with one attached hydrogen (secondary N) is 1. The Morgan fingerprint density at radius 2 is 1.76 bits per heavy atom. The van der Waals surface area contributed by atoms with E-state index in [1.54, 1.807) is 0 Å².